The maximum atomic E-state index is 12.2. The minimum absolute atomic E-state index is 0.0213. The highest BCUT2D eigenvalue weighted by Gasteiger charge is 2.19. The van der Waals surface area contributed by atoms with Gasteiger partial charge in [-0.2, -0.15) is 0 Å². The maximum absolute atomic E-state index is 12.2. The van der Waals surface area contributed by atoms with Crippen molar-refractivity contribution in [3.05, 3.63) is 46.5 Å². The van der Waals surface area contributed by atoms with E-state index in [9.17, 15) is 18.0 Å². The molecule has 11 heteroatoms. The van der Waals surface area contributed by atoms with E-state index in [0.29, 0.717) is 22.0 Å². The van der Waals surface area contributed by atoms with Crippen molar-refractivity contribution >= 4 is 39.2 Å². The van der Waals surface area contributed by atoms with Crippen LogP contribution in [0.3, 0.4) is 0 Å². The van der Waals surface area contributed by atoms with Crippen molar-refractivity contribution in [3.63, 3.8) is 0 Å². The molecular formula is C18H19ClN2O7S. The van der Waals surface area contributed by atoms with E-state index >= 15 is 0 Å². The Labute approximate surface area is 172 Å². The lowest BCUT2D eigenvalue weighted by atomic mass is 10.2. The van der Waals surface area contributed by atoms with Crippen molar-refractivity contribution < 1.29 is 32.2 Å². The molecule has 0 atom stereocenters. The fourth-order valence-electron chi connectivity index (χ4n) is 2.36. The maximum Gasteiger partial charge on any atom is 0.338 e. The average Bonchev–Trinajstić information content (AvgIpc) is 2.67. The summed E-state index contributed by atoms with van der Waals surface area (Å²) in [4.78, 5) is 23.9. The molecule has 0 aliphatic carbocycles. The van der Waals surface area contributed by atoms with Gasteiger partial charge in [0.1, 0.15) is 16.4 Å². The molecular weight excluding hydrogens is 424 g/mol. The molecule has 0 aliphatic rings. The Morgan fingerprint density at radius 3 is 2.34 bits per heavy atom. The van der Waals surface area contributed by atoms with Gasteiger partial charge in [0.05, 0.1) is 25.5 Å². The van der Waals surface area contributed by atoms with Crippen LogP contribution in [0.2, 0.25) is 5.02 Å². The van der Waals surface area contributed by atoms with Crippen molar-refractivity contribution in [2.24, 2.45) is 5.14 Å². The summed E-state index contributed by atoms with van der Waals surface area (Å²) >= 11 is 6.02. The number of esters is 1. The Morgan fingerprint density at radius 2 is 1.76 bits per heavy atom. The Morgan fingerprint density at radius 1 is 1.10 bits per heavy atom. The molecule has 3 N–H and O–H groups in total. The number of aryl methyl sites for hydroxylation is 1. The second-order valence-electron chi connectivity index (χ2n) is 5.84. The molecule has 1 amide bonds. The summed E-state index contributed by atoms with van der Waals surface area (Å²) < 4.78 is 38.3. The molecule has 0 aliphatic heterocycles. The summed E-state index contributed by atoms with van der Waals surface area (Å²) in [6, 6.07) is 6.73. The summed E-state index contributed by atoms with van der Waals surface area (Å²) in [5.41, 5.74) is 0.965. The smallest absolute Gasteiger partial charge is 0.338 e. The number of amides is 1. The molecule has 0 fully saturated rings. The van der Waals surface area contributed by atoms with Crippen LogP contribution in [0.4, 0.5) is 5.69 Å². The van der Waals surface area contributed by atoms with Crippen LogP contribution in [0, 0.1) is 6.92 Å². The number of carbonyl (C=O) groups is 2. The molecule has 0 bridgehead atoms. The molecule has 156 valence electrons. The van der Waals surface area contributed by atoms with Crippen LogP contribution < -0.4 is 19.9 Å². The Bertz CT molecular complexity index is 1050. The van der Waals surface area contributed by atoms with E-state index in [0.717, 1.165) is 6.07 Å². The summed E-state index contributed by atoms with van der Waals surface area (Å²) in [6.45, 7) is 1.14. The van der Waals surface area contributed by atoms with Crippen molar-refractivity contribution in [1.29, 1.82) is 0 Å². The number of nitrogens with two attached hydrogens (primary N) is 1. The number of primary sulfonamides is 1. The van der Waals surface area contributed by atoms with Gasteiger partial charge in [-0.3, -0.25) is 4.79 Å². The highest BCUT2D eigenvalue weighted by molar-refractivity contribution is 7.89. The molecule has 9 nitrogen and oxygen atoms in total. The quantitative estimate of drug-likeness (QED) is 0.627. The van der Waals surface area contributed by atoms with Crippen molar-refractivity contribution in [2.75, 3.05) is 26.1 Å². The third kappa shape index (κ3) is 5.59. The van der Waals surface area contributed by atoms with Gasteiger partial charge in [0.2, 0.25) is 10.0 Å². The zero-order valence-electron chi connectivity index (χ0n) is 15.8. The number of anilines is 1. The van der Waals surface area contributed by atoms with Gasteiger partial charge in [-0.1, -0.05) is 11.6 Å². The van der Waals surface area contributed by atoms with Gasteiger partial charge in [0, 0.05) is 11.1 Å². The van der Waals surface area contributed by atoms with E-state index in [4.69, 9.17) is 31.0 Å². The first-order valence-corrected chi connectivity index (χ1v) is 10.0. The topological polar surface area (TPSA) is 134 Å². The van der Waals surface area contributed by atoms with Crippen LogP contribution in [-0.4, -0.2) is 41.1 Å². The van der Waals surface area contributed by atoms with Crippen LogP contribution >= 0.6 is 11.6 Å². The fraction of sp³-hybridized carbons (Fsp3) is 0.222. The van der Waals surface area contributed by atoms with Crippen LogP contribution in [-0.2, 0) is 19.6 Å². The Kier molecular flexibility index (Phi) is 7.07. The molecule has 29 heavy (non-hydrogen) atoms. The standard InChI is InChI=1S/C18H19ClN2O7S/c1-10-6-13(15(27-3)8-12(10)19)21-17(22)9-28-18(23)11-4-5-14(26-2)16(7-11)29(20,24)25/h4-8H,9H2,1-3H3,(H,21,22)(H2,20,24,25). The van der Waals surface area contributed by atoms with Gasteiger partial charge in [-0.25, -0.2) is 18.4 Å². The largest absolute Gasteiger partial charge is 0.495 e. The van der Waals surface area contributed by atoms with Crippen molar-refractivity contribution in [3.8, 4) is 11.5 Å². The molecule has 2 rings (SSSR count). The van der Waals surface area contributed by atoms with Gasteiger partial charge in [-0.05, 0) is 36.8 Å². The molecule has 2 aromatic rings. The number of benzene rings is 2. The van der Waals surface area contributed by atoms with Gasteiger partial charge >= 0.3 is 5.97 Å². The molecule has 0 unspecified atom stereocenters. The van der Waals surface area contributed by atoms with Gasteiger partial charge in [0.15, 0.2) is 6.61 Å². The molecule has 2 aromatic carbocycles. The van der Waals surface area contributed by atoms with Gasteiger partial charge in [0.25, 0.3) is 5.91 Å². The number of rotatable bonds is 7. The first-order valence-electron chi connectivity index (χ1n) is 8.08. The number of halogens is 1. The highest BCUT2D eigenvalue weighted by Crippen LogP contribution is 2.31. The number of ether oxygens (including phenoxy) is 3. The molecule has 0 heterocycles. The molecule has 0 spiro atoms. The van der Waals surface area contributed by atoms with Crippen LogP contribution in [0.25, 0.3) is 0 Å². The van der Waals surface area contributed by atoms with Crippen molar-refractivity contribution in [1.82, 2.24) is 0 Å². The number of nitrogens with one attached hydrogen (secondary N) is 1. The number of hydrogen-bond acceptors (Lipinski definition) is 7. The lowest BCUT2D eigenvalue weighted by Crippen LogP contribution is -2.21. The normalized spacial score (nSPS) is 10.9. The molecule has 0 aromatic heterocycles. The third-order valence-corrected chi connectivity index (χ3v) is 5.13. The third-order valence-electron chi connectivity index (χ3n) is 3.80. The second kappa shape index (κ2) is 9.12. The number of carbonyl (C=O) groups excluding carboxylic acids is 2. The first kappa shape index (κ1) is 22.5. The molecule has 0 saturated heterocycles. The number of sulfonamides is 1. The summed E-state index contributed by atoms with van der Waals surface area (Å²) in [5.74, 6) is -1.22. The Balaban J connectivity index is 2.10. The zero-order valence-corrected chi connectivity index (χ0v) is 17.4. The summed E-state index contributed by atoms with van der Waals surface area (Å²) in [6.07, 6.45) is 0. The fourth-order valence-corrected chi connectivity index (χ4v) is 3.23. The lowest BCUT2D eigenvalue weighted by Gasteiger charge is -2.13. The SMILES string of the molecule is COc1cc(Cl)c(C)cc1NC(=O)COC(=O)c1ccc(OC)c(S(N)(=O)=O)c1. The predicted octanol–water partition coefficient (Wildman–Crippen LogP) is 2.11. The van der Waals surface area contributed by atoms with Gasteiger partial charge < -0.3 is 19.5 Å². The van der Waals surface area contributed by atoms with E-state index in [1.807, 2.05) is 0 Å². The predicted molar refractivity (Wildman–Crippen MR) is 106 cm³/mol. The van der Waals surface area contributed by atoms with Gasteiger partial charge in [-0.15, -0.1) is 0 Å². The lowest BCUT2D eigenvalue weighted by molar-refractivity contribution is -0.119. The summed E-state index contributed by atoms with van der Waals surface area (Å²) in [5, 5.41) is 8.14. The van der Waals surface area contributed by atoms with E-state index < -0.39 is 28.5 Å². The van der Waals surface area contributed by atoms with E-state index in [-0.39, 0.29) is 16.2 Å². The zero-order chi connectivity index (χ0) is 21.8. The van der Waals surface area contributed by atoms with E-state index in [1.165, 1.54) is 26.4 Å². The second-order valence-corrected chi connectivity index (χ2v) is 7.77. The highest BCUT2D eigenvalue weighted by atomic mass is 35.5. The monoisotopic (exact) mass is 442 g/mol. The molecule has 0 radical (unpaired) electrons. The van der Waals surface area contributed by atoms with E-state index in [2.05, 4.69) is 5.32 Å². The van der Waals surface area contributed by atoms with Crippen LogP contribution in [0.5, 0.6) is 11.5 Å². The number of methoxy groups -OCH3 is 2. The molecule has 0 saturated carbocycles. The van der Waals surface area contributed by atoms with Crippen LogP contribution in [0.1, 0.15) is 15.9 Å². The summed E-state index contributed by atoms with van der Waals surface area (Å²) in [7, 11) is -1.44. The average molecular weight is 443 g/mol. The Hall–Kier alpha value is -2.82. The number of hydrogen-bond donors (Lipinski definition) is 2. The first-order chi connectivity index (χ1) is 13.6. The van der Waals surface area contributed by atoms with Crippen LogP contribution in [0.15, 0.2) is 35.2 Å². The van der Waals surface area contributed by atoms with Crippen molar-refractivity contribution in [2.45, 2.75) is 11.8 Å². The minimum atomic E-state index is -4.13. The van der Waals surface area contributed by atoms with E-state index in [1.54, 1.807) is 19.1 Å². The minimum Gasteiger partial charge on any atom is -0.495 e.